The molecule has 0 heterocycles. The molecule has 0 aromatic rings. The predicted octanol–water partition coefficient (Wildman–Crippen LogP) is 1.06. The molecule has 2 N–H and O–H groups in total. The van der Waals surface area contributed by atoms with Gasteiger partial charge in [0, 0.05) is 6.54 Å². The third-order valence-corrected chi connectivity index (χ3v) is 3.13. The minimum atomic E-state index is -0.632. The largest absolute Gasteiger partial charge is 0.388 e. The molecule has 1 aliphatic carbocycles. The van der Waals surface area contributed by atoms with Crippen LogP contribution >= 0.6 is 0 Å². The number of amides is 1. The van der Waals surface area contributed by atoms with Crippen molar-refractivity contribution in [2.75, 3.05) is 6.54 Å². The Morgan fingerprint density at radius 3 is 2.62 bits per heavy atom. The SMILES string of the molecule is CCC1CCC(O)(CNC=O)CC1. The van der Waals surface area contributed by atoms with Crippen molar-refractivity contribution in [1.29, 1.82) is 0 Å². The Morgan fingerprint density at radius 2 is 2.15 bits per heavy atom. The van der Waals surface area contributed by atoms with E-state index < -0.39 is 5.60 Å². The first-order valence-electron chi connectivity index (χ1n) is 5.09. The molecule has 0 spiro atoms. The summed E-state index contributed by atoms with van der Waals surface area (Å²) in [6, 6.07) is 0. The lowest BCUT2D eigenvalue weighted by molar-refractivity contribution is -0.111. The van der Waals surface area contributed by atoms with Gasteiger partial charge in [0.2, 0.25) is 6.41 Å². The fraction of sp³-hybridized carbons (Fsp3) is 0.900. The quantitative estimate of drug-likeness (QED) is 0.643. The molecule has 0 radical (unpaired) electrons. The van der Waals surface area contributed by atoms with E-state index in [-0.39, 0.29) is 0 Å². The number of hydrogen-bond acceptors (Lipinski definition) is 2. The summed E-state index contributed by atoms with van der Waals surface area (Å²) < 4.78 is 0. The Hall–Kier alpha value is -0.570. The molecule has 0 aromatic carbocycles. The van der Waals surface area contributed by atoms with Gasteiger partial charge in [-0.2, -0.15) is 0 Å². The van der Waals surface area contributed by atoms with Crippen LogP contribution in [0.5, 0.6) is 0 Å². The van der Waals surface area contributed by atoms with Crippen molar-refractivity contribution < 1.29 is 9.90 Å². The number of carbonyl (C=O) groups is 1. The van der Waals surface area contributed by atoms with Gasteiger partial charge in [0.15, 0.2) is 0 Å². The van der Waals surface area contributed by atoms with Crippen molar-refractivity contribution in [2.24, 2.45) is 5.92 Å². The lowest BCUT2D eigenvalue weighted by Crippen LogP contribution is -2.43. The highest BCUT2D eigenvalue weighted by Gasteiger charge is 2.31. The van der Waals surface area contributed by atoms with Crippen LogP contribution < -0.4 is 5.32 Å². The molecular formula is C10H19NO2. The van der Waals surface area contributed by atoms with E-state index in [1.807, 2.05) is 0 Å². The number of aliphatic hydroxyl groups is 1. The van der Waals surface area contributed by atoms with Crippen molar-refractivity contribution in [3.8, 4) is 0 Å². The van der Waals surface area contributed by atoms with Gasteiger partial charge >= 0.3 is 0 Å². The highest BCUT2D eigenvalue weighted by atomic mass is 16.3. The van der Waals surface area contributed by atoms with E-state index >= 15 is 0 Å². The second kappa shape index (κ2) is 4.61. The van der Waals surface area contributed by atoms with Crippen LogP contribution in [0.2, 0.25) is 0 Å². The molecule has 0 aromatic heterocycles. The zero-order chi connectivity index (χ0) is 9.73. The summed E-state index contributed by atoms with van der Waals surface area (Å²) in [5.74, 6) is 0.775. The van der Waals surface area contributed by atoms with Gasteiger partial charge in [0.25, 0.3) is 0 Å². The second-order valence-electron chi connectivity index (χ2n) is 4.07. The summed E-state index contributed by atoms with van der Waals surface area (Å²) >= 11 is 0. The number of hydrogen-bond donors (Lipinski definition) is 2. The molecule has 0 unspecified atom stereocenters. The maximum Gasteiger partial charge on any atom is 0.207 e. The van der Waals surface area contributed by atoms with Crippen LogP contribution in [0, 0.1) is 5.92 Å². The number of nitrogens with one attached hydrogen (secondary N) is 1. The smallest absolute Gasteiger partial charge is 0.207 e. The molecule has 0 aliphatic heterocycles. The zero-order valence-corrected chi connectivity index (χ0v) is 8.25. The van der Waals surface area contributed by atoms with Crippen molar-refractivity contribution in [3.05, 3.63) is 0 Å². The molecule has 13 heavy (non-hydrogen) atoms. The number of rotatable bonds is 4. The molecule has 1 saturated carbocycles. The Bertz CT molecular complexity index is 162. The van der Waals surface area contributed by atoms with Gasteiger partial charge in [-0.05, 0) is 31.6 Å². The van der Waals surface area contributed by atoms with Gasteiger partial charge < -0.3 is 10.4 Å². The van der Waals surface area contributed by atoms with E-state index in [1.165, 1.54) is 6.42 Å². The third kappa shape index (κ3) is 2.99. The van der Waals surface area contributed by atoms with Crippen molar-refractivity contribution in [2.45, 2.75) is 44.6 Å². The van der Waals surface area contributed by atoms with Crippen LogP contribution in [0.15, 0.2) is 0 Å². The third-order valence-electron chi connectivity index (χ3n) is 3.13. The Kier molecular flexibility index (Phi) is 3.72. The minimum absolute atomic E-state index is 0.410. The lowest BCUT2D eigenvalue weighted by Gasteiger charge is -2.35. The fourth-order valence-corrected chi connectivity index (χ4v) is 2.03. The summed E-state index contributed by atoms with van der Waals surface area (Å²) in [5.41, 5.74) is -0.632. The zero-order valence-electron chi connectivity index (χ0n) is 8.25. The molecule has 1 amide bonds. The highest BCUT2D eigenvalue weighted by molar-refractivity contribution is 5.46. The first kappa shape index (κ1) is 10.5. The second-order valence-corrected chi connectivity index (χ2v) is 4.07. The van der Waals surface area contributed by atoms with E-state index in [0.29, 0.717) is 13.0 Å². The van der Waals surface area contributed by atoms with E-state index in [0.717, 1.165) is 31.6 Å². The summed E-state index contributed by atoms with van der Waals surface area (Å²) in [4.78, 5) is 10.1. The minimum Gasteiger partial charge on any atom is -0.388 e. The molecule has 0 saturated heterocycles. The average molecular weight is 185 g/mol. The van der Waals surface area contributed by atoms with Crippen LogP contribution in [0.3, 0.4) is 0 Å². The van der Waals surface area contributed by atoms with Crippen LogP contribution in [0.4, 0.5) is 0 Å². The Balaban J connectivity index is 2.32. The summed E-state index contributed by atoms with van der Waals surface area (Å²) in [6.45, 7) is 2.60. The maximum atomic E-state index is 10.1. The Labute approximate surface area is 79.5 Å². The first-order chi connectivity index (χ1) is 6.20. The van der Waals surface area contributed by atoms with E-state index in [9.17, 15) is 9.90 Å². The van der Waals surface area contributed by atoms with Crippen molar-refractivity contribution in [1.82, 2.24) is 5.32 Å². The average Bonchev–Trinajstić information content (AvgIpc) is 2.16. The standard InChI is InChI=1S/C10H19NO2/c1-2-9-3-5-10(13,6-4-9)7-11-8-12/h8-9,13H,2-7H2,1H3,(H,11,12). The van der Waals surface area contributed by atoms with Crippen LogP contribution in [0.25, 0.3) is 0 Å². The molecule has 76 valence electrons. The molecule has 1 aliphatic rings. The van der Waals surface area contributed by atoms with Crippen LogP contribution in [0.1, 0.15) is 39.0 Å². The monoisotopic (exact) mass is 185 g/mol. The first-order valence-corrected chi connectivity index (χ1v) is 5.09. The molecule has 3 heteroatoms. The molecule has 1 fully saturated rings. The highest BCUT2D eigenvalue weighted by Crippen LogP contribution is 2.32. The van der Waals surface area contributed by atoms with Gasteiger partial charge in [-0.3, -0.25) is 4.79 Å². The summed E-state index contributed by atoms with van der Waals surface area (Å²) in [5, 5.41) is 12.6. The van der Waals surface area contributed by atoms with E-state index in [1.54, 1.807) is 0 Å². The topological polar surface area (TPSA) is 49.3 Å². The molecule has 1 rings (SSSR count). The predicted molar refractivity (Wildman–Crippen MR) is 51.3 cm³/mol. The lowest BCUT2D eigenvalue weighted by atomic mass is 9.78. The molecular weight excluding hydrogens is 166 g/mol. The van der Waals surface area contributed by atoms with Crippen LogP contribution in [-0.4, -0.2) is 23.7 Å². The molecule has 0 atom stereocenters. The normalized spacial score (nSPS) is 34.2. The molecule has 3 nitrogen and oxygen atoms in total. The number of carbonyl (C=O) groups excluding carboxylic acids is 1. The van der Waals surface area contributed by atoms with Crippen LogP contribution in [-0.2, 0) is 4.79 Å². The van der Waals surface area contributed by atoms with Gasteiger partial charge in [-0.25, -0.2) is 0 Å². The van der Waals surface area contributed by atoms with Crippen molar-refractivity contribution in [3.63, 3.8) is 0 Å². The summed E-state index contributed by atoms with van der Waals surface area (Å²) in [7, 11) is 0. The van der Waals surface area contributed by atoms with E-state index in [4.69, 9.17) is 0 Å². The van der Waals surface area contributed by atoms with Crippen molar-refractivity contribution >= 4 is 6.41 Å². The van der Waals surface area contributed by atoms with Gasteiger partial charge in [-0.1, -0.05) is 13.3 Å². The van der Waals surface area contributed by atoms with Gasteiger partial charge in [0.05, 0.1) is 5.60 Å². The summed E-state index contributed by atoms with van der Waals surface area (Å²) in [6.07, 6.45) is 5.70. The fourth-order valence-electron chi connectivity index (χ4n) is 2.03. The van der Waals surface area contributed by atoms with E-state index in [2.05, 4.69) is 12.2 Å². The maximum absolute atomic E-state index is 10.1. The molecule has 0 bridgehead atoms. The van der Waals surface area contributed by atoms with Gasteiger partial charge in [-0.15, -0.1) is 0 Å². The van der Waals surface area contributed by atoms with Gasteiger partial charge in [0.1, 0.15) is 0 Å². The Morgan fingerprint density at radius 1 is 1.54 bits per heavy atom.